The van der Waals surface area contributed by atoms with Gasteiger partial charge in [-0.05, 0) is 29.6 Å². The van der Waals surface area contributed by atoms with Crippen molar-refractivity contribution in [3.63, 3.8) is 0 Å². The van der Waals surface area contributed by atoms with Gasteiger partial charge in [-0.2, -0.15) is 0 Å². The molecule has 1 aromatic carbocycles. The topological polar surface area (TPSA) is 127 Å². The number of amides is 1. The van der Waals surface area contributed by atoms with E-state index < -0.39 is 5.97 Å². The van der Waals surface area contributed by atoms with Crippen LogP contribution in [0.25, 0.3) is 10.1 Å². The highest BCUT2D eigenvalue weighted by Gasteiger charge is 2.17. The van der Waals surface area contributed by atoms with Crippen LogP contribution in [0.15, 0.2) is 60.2 Å². The first-order chi connectivity index (χ1) is 14.5. The number of benzene rings is 1. The van der Waals surface area contributed by atoms with E-state index in [9.17, 15) is 14.7 Å². The van der Waals surface area contributed by atoms with Gasteiger partial charge in [-0.25, -0.2) is 9.78 Å². The number of nitrogens with zero attached hydrogens (tertiary/aromatic N) is 2. The number of hydrogen-bond acceptors (Lipinski definition) is 7. The number of ether oxygens (including phenoxy) is 1. The summed E-state index contributed by atoms with van der Waals surface area (Å²) in [5.74, 6) is -0.588. The number of carbonyl (C=O) groups is 2. The molecule has 0 spiro atoms. The number of aromatic nitrogens is 2. The Bertz CT molecular complexity index is 1240. The van der Waals surface area contributed by atoms with Gasteiger partial charge < -0.3 is 20.9 Å². The van der Waals surface area contributed by atoms with Crippen LogP contribution in [-0.2, 0) is 6.61 Å². The Morgan fingerprint density at radius 2 is 2.03 bits per heavy atom. The van der Waals surface area contributed by atoms with Gasteiger partial charge in [0.1, 0.15) is 23.9 Å². The average molecular weight is 420 g/mol. The number of nitrogens with two attached hydrogens (primary N) is 1. The van der Waals surface area contributed by atoms with E-state index >= 15 is 0 Å². The second-order valence-electron chi connectivity index (χ2n) is 6.31. The van der Waals surface area contributed by atoms with Crippen molar-refractivity contribution in [1.29, 1.82) is 0 Å². The highest BCUT2D eigenvalue weighted by atomic mass is 32.1. The molecule has 30 heavy (non-hydrogen) atoms. The third-order valence-corrected chi connectivity index (χ3v) is 5.38. The van der Waals surface area contributed by atoms with Gasteiger partial charge in [0.15, 0.2) is 0 Å². The van der Waals surface area contributed by atoms with Gasteiger partial charge in [0, 0.05) is 35.1 Å². The van der Waals surface area contributed by atoms with E-state index in [-0.39, 0.29) is 23.9 Å². The Morgan fingerprint density at radius 3 is 2.80 bits per heavy atom. The number of rotatable bonds is 6. The largest absolute Gasteiger partial charge is 0.489 e. The van der Waals surface area contributed by atoms with Crippen molar-refractivity contribution in [1.82, 2.24) is 9.97 Å². The lowest BCUT2D eigenvalue weighted by Crippen LogP contribution is -2.13. The Morgan fingerprint density at radius 1 is 1.17 bits per heavy atom. The molecular weight excluding hydrogens is 404 g/mol. The number of carbonyl (C=O) groups excluding carboxylic acids is 1. The van der Waals surface area contributed by atoms with E-state index in [2.05, 4.69) is 15.3 Å². The van der Waals surface area contributed by atoms with Crippen LogP contribution in [0.5, 0.6) is 5.75 Å². The lowest BCUT2D eigenvalue weighted by Gasteiger charge is -2.09. The molecule has 0 aliphatic rings. The molecule has 150 valence electrons. The Hall–Kier alpha value is -3.98. The van der Waals surface area contributed by atoms with Crippen LogP contribution < -0.4 is 15.8 Å². The zero-order valence-electron chi connectivity index (χ0n) is 15.5. The molecule has 0 fully saturated rings. The first kappa shape index (κ1) is 19.3. The molecule has 1 amide bonds. The normalized spacial score (nSPS) is 10.7. The van der Waals surface area contributed by atoms with Crippen molar-refractivity contribution in [3.8, 4) is 5.75 Å². The first-order valence-corrected chi connectivity index (χ1v) is 9.74. The first-order valence-electron chi connectivity index (χ1n) is 8.86. The number of hydrogen-bond donors (Lipinski definition) is 3. The van der Waals surface area contributed by atoms with Crippen molar-refractivity contribution in [2.45, 2.75) is 6.61 Å². The minimum atomic E-state index is -1.06. The van der Waals surface area contributed by atoms with Gasteiger partial charge in [0.05, 0.1) is 10.3 Å². The number of pyridine rings is 2. The van der Waals surface area contributed by atoms with Crippen LogP contribution in [0.1, 0.15) is 26.4 Å². The van der Waals surface area contributed by atoms with E-state index in [1.165, 1.54) is 17.5 Å². The summed E-state index contributed by atoms with van der Waals surface area (Å²) >= 11 is 1.28. The fourth-order valence-electron chi connectivity index (χ4n) is 2.91. The molecular formula is C21H16N4O4S. The number of thiophene rings is 1. The minimum absolute atomic E-state index is 0.106. The molecule has 0 saturated heterocycles. The SMILES string of the molecule is Nc1ncc(C(=O)O)c2scc(COc3cccc(NC(=O)c4ccccn4)c3)c12. The van der Waals surface area contributed by atoms with Gasteiger partial charge in [0.2, 0.25) is 0 Å². The summed E-state index contributed by atoms with van der Waals surface area (Å²) in [6.45, 7) is 0.173. The molecule has 4 rings (SSSR count). The summed E-state index contributed by atoms with van der Waals surface area (Å²) in [4.78, 5) is 31.7. The lowest BCUT2D eigenvalue weighted by atomic mass is 10.1. The fourth-order valence-corrected chi connectivity index (χ4v) is 3.97. The Kier molecular flexibility index (Phi) is 5.27. The molecule has 0 radical (unpaired) electrons. The smallest absolute Gasteiger partial charge is 0.338 e. The van der Waals surface area contributed by atoms with Crippen molar-refractivity contribution in [2.24, 2.45) is 0 Å². The number of anilines is 2. The molecule has 4 aromatic rings. The summed E-state index contributed by atoms with van der Waals surface area (Å²) in [6.07, 6.45) is 2.81. The molecule has 0 atom stereocenters. The standard InChI is InChI=1S/C21H16N4O4S/c22-19-17-12(11-30-18(17)15(9-24-19)21(27)28)10-29-14-5-3-4-13(8-14)25-20(26)16-6-1-2-7-23-16/h1-9,11H,10H2,(H2,22,24)(H,25,26)(H,27,28). The molecule has 4 N–H and O–H groups in total. The highest BCUT2D eigenvalue weighted by Crippen LogP contribution is 2.33. The lowest BCUT2D eigenvalue weighted by molar-refractivity contribution is 0.0698. The Balaban J connectivity index is 1.51. The average Bonchev–Trinajstić information content (AvgIpc) is 3.18. The van der Waals surface area contributed by atoms with Gasteiger partial charge in [-0.1, -0.05) is 12.1 Å². The van der Waals surface area contributed by atoms with Crippen LogP contribution >= 0.6 is 11.3 Å². The number of nitrogen functional groups attached to an aromatic ring is 1. The van der Waals surface area contributed by atoms with Crippen LogP contribution in [0.3, 0.4) is 0 Å². The van der Waals surface area contributed by atoms with E-state index in [0.29, 0.717) is 27.2 Å². The van der Waals surface area contributed by atoms with Crippen LogP contribution in [-0.4, -0.2) is 27.0 Å². The maximum atomic E-state index is 12.3. The van der Waals surface area contributed by atoms with Gasteiger partial charge >= 0.3 is 5.97 Å². The van der Waals surface area contributed by atoms with Gasteiger partial charge in [0.25, 0.3) is 5.91 Å². The zero-order valence-corrected chi connectivity index (χ0v) is 16.3. The maximum Gasteiger partial charge on any atom is 0.338 e. The number of carboxylic acids is 1. The summed E-state index contributed by atoms with van der Waals surface area (Å²) in [6, 6.07) is 12.1. The number of carboxylic acid groups (broad SMARTS) is 1. The van der Waals surface area contributed by atoms with Gasteiger partial charge in [-0.3, -0.25) is 9.78 Å². The molecule has 8 nitrogen and oxygen atoms in total. The summed E-state index contributed by atoms with van der Waals surface area (Å²) in [5.41, 5.74) is 7.69. The second-order valence-corrected chi connectivity index (χ2v) is 7.19. The van der Waals surface area contributed by atoms with E-state index in [0.717, 1.165) is 5.56 Å². The summed E-state index contributed by atoms with van der Waals surface area (Å²) < 4.78 is 6.41. The van der Waals surface area contributed by atoms with E-state index in [4.69, 9.17) is 10.5 Å². The molecule has 3 heterocycles. The van der Waals surface area contributed by atoms with Crippen molar-refractivity contribution < 1.29 is 19.4 Å². The van der Waals surface area contributed by atoms with Gasteiger partial charge in [-0.15, -0.1) is 11.3 Å². The monoisotopic (exact) mass is 420 g/mol. The number of nitrogens with one attached hydrogen (secondary N) is 1. The van der Waals surface area contributed by atoms with Crippen LogP contribution in [0.4, 0.5) is 11.5 Å². The molecule has 0 aliphatic carbocycles. The number of fused-ring (bicyclic) bond motifs is 1. The summed E-state index contributed by atoms with van der Waals surface area (Å²) in [7, 11) is 0. The van der Waals surface area contributed by atoms with Crippen LogP contribution in [0, 0.1) is 0 Å². The summed E-state index contributed by atoms with van der Waals surface area (Å²) in [5, 5.41) is 14.5. The molecule has 0 saturated carbocycles. The minimum Gasteiger partial charge on any atom is -0.489 e. The molecule has 3 aromatic heterocycles. The van der Waals surface area contributed by atoms with Crippen molar-refractivity contribution >= 4 is 44.8 Å². The highest BCUT2D eigenvalue weighted by molar-refractivity contribution is 7.17. The number of aromatic carboxylic acids is 1. The third kappa shape index (κ3) is 3.91. The third-order valence-electron chi connectivity index (χ3n) is 4.31. The quantitative estimate of drug-likeness (QED) is 0.433. The van der Waals surface area contributed by atoms with E-state index in [1.54, 1.807) is 48.7 Å². The molecule has 0 aliphatic heterocycles. The van der Waals surface area contributed by atoms with Crippen molar-refractivity contribution in [2.75, 3.05) is 11.1 Å². The molecule has 0 unspecified atom stereocenters. The molecule has 9 heteroatoms. The van der Waals surface area contributed by atoms with Crippen LogP contribution in [0.2, 0.25) is 0 Å². The second kappa shape index (κ2) is 8.18. The predicted octanol–water partition coefficient (Wildman–Crippen LogP) is 3.80. The van der Waals surface area contributed by atoms with Crippen molar-refractivity contribution in [3.05, 3.63) is 77.1 Å². The Labute approximate surface area is 175 Å². The zero-order chi connectivity index (χ0) is 21.1. The predicted molar refractivity (Wildman–Crippen MR) is 114 cm³/mol. The van der Waals surface area contributed by atoms with E-state index in [1.807, 2.05) is 5.38 Å². The molecule has 0 bridgehead atoms. The fraction of sp³-hybridized carbons (Fsp3) is 0.0476. The maximum absolute atomic E-state index is 12.3.